The van der Waals surface area contributed by atoms with Gasteiger partial charge < -0.3 is 9.84 Å². The smallest absolute Gasteiger partial charge is 0.341 e. The molecule has 0 aliphatic heterocycles. The number of fused-ring (bicyclic) bond motifs is 1. The van der Waals surface area contributed by atoms with Crippen LogP contribution in [0.4, 0.5) is 0 Å². The maximum atomic E-state index is 12.8. The lowest BCUT2D eigenvalue weighted by molar-refractivity contribution is -0.139. The number of carboxylic acid groups (broad SMARTS) is 1. The molecule has 1 aromatic rings. The Hall–Kier alpha value is -1.26. The van der Waals surface area contributed by atoms with Crippen LogP contribution in [0.25, 0.3) is 0 Å². The average Bonchev–Trinajstić information content (AvgIpc) is 2.87. The van der Waals surface area contributed by atoms with Gasteiger partial charge in [0.2, 0.25) is 0 Å². The van der Waals surface area contributed by atoms with Crippen molar-refractivity contribution in [2.75, 3.05) is 6.61 Å². The van der Waals surface area contributed by atoms with Crippen LogP contribution < -0.4 is 4.74 Å². The van der Waals surface area contributed by atoms with E-state index < -0.39 is 12.6 Å². The lowest BCUT2D eigenvalue weighted by Crippen LogP contribution is -2.23. The van der Waals surface area contributed by atoms with Crippen LogP contribution in [-0.2, 0) is 11.2 Å². The Bertz CT molecular complexity index is 650. The number of halogens is 2. The Labute approximate surface area is 144 Å². The Morgan fingerprint density at radius 3 is 2.57 bits per heavy atom. The van der Waals surface area contributed by atoms with Gasteiger partial charge in [0.25, 0.3) is 0 Å². The van der Waals surface area contributed by atoms with Crippen molar-refractivity contribution in [3.63, 3.8) is 0 Å². The molecule has 0 unspecified atom stereocenters. The van der Waals surface area contributed by atoms with Crippen molar-refractivity contribution in [1.29, 1.82) is 0 Å². The summed E-state index contributed by atoms with van der Waals surface area (Å²) < 4.78 is 5.19. The van der Waals surface area contributed by atoms with Crippen LogP contribution in [0.2, 0.25) is 10.0 Å². The molecule has 1 fully saturated rings. The summed E-state index contributed by atoms with van der Waals surface area (Å²) in [6.07, 6.45) is 6.39. The standard InChI is InChI=1S/C17H18Cl2O4/c18-15-12(23-8-13(20)21)7-10-6-11(9-4-2-1-3-5-9)17(22)14(10)16(15)19/h7,9,11H,1-6,8H2,(H,20,21)/t11-/m1/s1. The van der Waals surface area contributed by atoms with Crippen LogP contribution in [0, 0.1) is 11.8 Å². The van der Waals surface area contributed by atoms with E-state index in [0.29, 0.717) is 17.9 Å². The predicted octanol–water partition coefficient (Wildman–Crippen LogP) is 4.39. The first kappa shape index (κ1) is 16.6. The Morgan fingerprint density at radius 1 is 1.22 bits per heavy atom. The second-order valence-electron chi connectivity index (χ2n) is 6.29. The van der Waals surface area contributed by atoms with Crippen molar-refractivity contribution in [2.45, 2.75) is 38.5 Å². The third kappa shape index (κ3) is 3.20. The van der Waals surface area contributed by atoms with E-state index in [4.69, 9.17) is 33.0 Å². The van der Waals surface area contributed by atoms with E-state index in [1.807, 2.05) is 0 Å². The summed E-state index contributed by atoms with van der Waals surface area (Å²) in [7, 11) is 0. The van der Waals surface area contributed by atoms with Crippen molar-refractivity contribution >= 4 is 35.0 Å². The molecule has 3 rings (SSSR count). The molecule has 6 heteroatoms. The van der Waals surface area contributed by atoms with Crippen molar-refractivity contribution in [3.8, 4) is 5.75 Å². The monoisotopic (exact) mass is 356 g/mol. The fourth-order valence-corrected chi connectivity index (χ4v) is 4.27. The second kappa shape index (κ2) is 6.70. The molecule has 2 aliphatic carbocycles. The molecule has 1 N–H and O–H groups in total. The first-order valence-corrected chi connectivity index (χ1v) is 8.64. The SMILES string of the molecule is O=C(O)COc1cc2c(c(Cl)c1Cl)C(=O)[C@@H](C1CCCCC1)C2. The van der Waals surface area contributed by atoms with Gasteiger partial charge >= 0.3 is 5.97 Å². The number of hydrogen-bond acceptors (Lipinski definition) is 3. The molecular weight excluding hydrogens is 339 g/mol. The van der Waals surface area contributed by atoms with Gasteiger partial charge in [0.1, 0.15) is 10.8 Å². The van der Waals surface area contributed by atoms with E-state index >= 15 is 0 Å². The molecule has 1 saturated carbocycles. The summed E-state index contributed by atoms with van der Waals surface area (Å²) in [4.78, 5) is 23.4. The summed E-state index contributed by atoms with van der Waals surface area (Å²) in [5, 5.41) is 9.03. The minimum Gasteiger partial charge on any atom is -0.480 e. The van der Waals surface area contributed by atoms with E-state index in [1.165, 1.54) is 19.3 Å². The number of ether oxygens (including phenoxy) is 1. The molecule has 0 spiro atoms. The molecule has 0 saturated heterocycles. The zero-order chi connectivity index (χ0) is 16.6. The molecule has 1 aromatic carbocycles. The number of hydrogen-bond donors (Lipinski definition) is 1. The quantitative estimate of drug-likeness (QED) is 0.868. The average molecular weight is 357 g/mol. The predicted molar refractivity (Wildman–Crippen MR) is 87.7 cm³/mol. The van der Waals surface area contributed by atoms with Crippen molar-refractivity contribution in [2.24, 2.45) is 11.8 Å². The number of carbonyl (C=O) groups is 2. The summed E-state index contributed by atoms with van der Waals surface area (Å²) >= 11 is 12.4. The molecule has 2 aliphatic rings. The summed E-state index contributed by atoms with van der Waals surface area (Å²) in [6, 6.07) is 1.67. The number of Topliss-reactive ketones (excluding diaryl/α,β-unsaturated/α-hetero) is 1. The highest BCUT2D eigenvalue weighted by atomic mass is 35.5. The van der Waals surface area contributed by atoms with Crippen molar-refractivity contribution in [3.05, 3.63) is 27.2 Å². The number of benzene rings is 1. The number of rotatable bonds is 4. The maximum Gasteiger partial charge on any atom is 0.341 e. The maximum absolute atomic E-state index is 12.8. The first-order valence-electron chi connectivity index (χ1n) is 7.88. The highest BCUT2D eigenvalue weighted by Crippen LogP contribution is 2.45. The van der Waals surface area contributed by atoms with E-state index in [0.717, 1.165) is 18.4 Å². The highest BCUT2D eigenvalue weighted by molar-refractivity contribution is 6.45. The van der Waals surface area contributed by atoms with Gasteiger partial charge in [-0.1, -0.05) is 42.5 Å². The molecule has 23 heavy (non-hydrogen) atoms. The Morgan fingerprint density at radius 2 is 1.91 bits per heavy atom. The topological polar surface area (TPSA) is 63.6 Å². The molecular formula is C17H18Cl2O4. The molecule has 0 bridgehead atoms. The van der Waals surface area contributed by atoms with Gasteiger partial charge in [-0.05, 0) is 36.8 Å². The van der Waals surface area contributed by atoms with Crippen LogP contribution in [-0.4, -0.2) is 23.5 Å². The normalized spacial score (nSPS) is 21.3. The summed E-state index contributed by atoms with van der Waals surface area (Å²) in [5.74, 6) is -0.414. The van der Waals surface area contributed by atoms with E-state index in [-0.39, 0.29) is 27.5 Å². The number of aliphatic carboxylic acids is 1. The number of carboxylic acids is 1. The van der Waals surface area contributed by atoms with Crippen LogP contribution in [0.15, 0.2) is 6.07 Å². The summed E-state index contributed by atoms with van der Waals surface area (Å²) in [6.45, 7) is -0.491. The zero-order valence-electron chi connectivity index (χ0n) is 12.6. The van der Waals surface area contributed by atoms with Gasteiger partial charge in [-0.2, -0.15) is 0 Å². The Kier molecular flexibility index (Phi) is 4.83. The lowest BCUT2D eigenvalue weighted by Gasteiger charge is -2.26. The summed E-state index contributed by atoms with van der Waals surface area (Å²) in [5.41, 5.74) is 1.32. The fourth-order valence-electron chi connectivity index (χ4n) is 3.76. The fraction of sp³-hybridized carbons (Fsp3) is 0.529. The minimum absolute atomic E-state index is 0.0337. The number of carbonyl (C=O) groups excluding carboxylic acids is 1. The molecule has 0 radical (unpaired) electrons. The van der Waals surface area contributed by atoms with Gasteiger partial charge in [0, 0.05) is 11.5 Å². The van der Waals surface area contributed by atoms with Crippen molar-refractivity contribution in [1.82, 2.24) is 0 Å². The second-order valence-corrected chi connectivity index (χ2v) is 7.05. The largest absolute Gasteiger partial charge is 0.480 e. The lowest BCUT2D eigenvalue weighted by atomic mass is 9.78. The van der Waals surface area contributed by atoms with Crippen LogP contribution in [0.1, 0.15) is 48.0 Å². The molecule has 0 heterocycles. The molecule has 0 amide bonds. The van der Waals surface area contributed by atoms with E-state index in [9.17, 15) is 9.59 Å². The third-order valence-electron chi connectivity index (χ3n) is 4.85. The minimum atomic E-state index is -1.09. The third-order valence-corrected chi connectivity index (χ3v) is 5.70. The molecule has 124 valence electrons. The number of ketones is 1. The van der Waals surface area contributed by atoms with E-state index in [2.05, 4.69) is 0 Å². The van der Waals surface area contributed by atoms with Crippen LogP contribution >= 0.6 is 23.2 Å². The van der Waals surface area contributed by atoms with Gasteiger partial charge in [-0.25, -0.2) is 4.79 Å². The van der Waals surface area contributed by atoms with E-state index in [1.54, 1.807) is 6.07 Å². The molecule has 0 aromatic heterocycles. The van der Waals surface area contributed by atoms with Gasteiger partial charge in [-0.15, -0.1) is 0 Å². The zero-order valence-corrected chi connectivity index (χ0v) is 14.1. The Balaban J connectivity index is 1.88. The molecule has 4 nitrogen and oxygen atoms in total. The van der Waals surface area contributed by atoms with Crippen molar-refractivity contribution < 1.29 is 19.4 Å². The van der Waals surface area contributed by atoms with Crippen LogP contribution in [0.3, 0.4) is 0 Å². The molecule has 1 atom stereocenters. The van der Waals surface area contributed by atoms with Crippen LogP contribution in [0.5, 0.6) is 5.75 Å². The highest BCUT2D eigenvalue weighted by Gasteiger charge is 2.39. The van der Waals surface area contributed by atoms with Gasteiger partial charge in [0.05, 0.1) is 5.02 Å². The van der Waals surface area contributed by atoms with Gasteiger partial charge in [-0.3, -0.25) is 4.79 Å². The first-order chi connectivity index (χ1) is 11.0. The van der Waals surface area contributed by atoms with Gasteiger partial charge in [0.15, 0.2) is 12.4 Å².